The van der Waals surface area contributed by atoms with Gasteiger partial charge in [-0.1, -0.05) is 44.2 Å². The molecule has 0 bridgehead atoms. The van der Waals surface area contributed by atoms with Gasteiger partial charge in [0.25, 0.3) is 11.8 Å². The first-order chi connectivity index (χ1) is 16.9. The Balaban J connectivity index is 1.63. The number of ether oxygens (including phenoxy) is 2. The van der Waals surface area contributed by atoms with Crippen molar-refractivity contribution in [1.82, 2.24) is 10.6 Å². The van der Waals surface area contributed by atoms with Gasteiger partial charge in [0.1, 0.15) is 5.70 Å². The minimum Gasteiger partial charge on any atom is -0.493 e. The smallest absolute Gasteiger partial charge is 0.267 e. The van der Waals surface area contributed by atoms with Gasteiger partial charge in [0.2, 0.25) is 0 Å². The van der Waals surface area contributed by atoms with Crippen molar-refractivity contribution in [3.05, 3.63) is 87.2 Å². The van der Waals surface area contributed by atoms with Gasteiger partial charge in [-0.2, -0.15) is 0 Å². The molecule has 0 saturated heterocycles. The molecule has 35 heavy (non-hydrogen) atoms. The van der Waals surface area contributed by atoms with Crippen LogP contribution in [-0.4, -0.2) is 32.6 Å². The molecule has 0 unspecified atom stereocenters. The molecule has 0 radical (unpaired) electrons. The molecule has 0 aliphatic rings. The highest BCUT2D eigenvalue weighted by Gasteiger charge is 2.16. The fourth-order valence-electron chi connectivity index (χ4n) is 3.50. The maximum atomic E-state index is 13.0. The Hall–Kier alpha value is -3.58. The van der Waals surface area contributed by atoms with E-state index in [0.717, 1.165) is 17.7 Å². The van der Waals surface area contributed by atoms with Crippen molar-refractivity contribution in [2.45, 2.75) is 32.6 Å². The highest BCUT2D eigenvalue weighted by molar-refractivity contribution is 7.10. The largest absolute Gasteiger partial charge is 0.493 e. The summed E-state index contributed by atoms with van der Waals surface area (Å²) in [6, 6.07) is 17.2. The molecule has 0 spiro atoms. The van der Waals surface area contributed by atoms with Gasteiger partial charge in [0.05, 0.1) is 14.2 Å². The number of aryl methyl sites for hydroxylation is 1. The molecule has 3 aromatic rings. The number of hydrogen-bond acceptors (Lipinski definition) is 5. The van der Waals surface area contributed by atoms with Gasteiger partial charge in [0, 0.05) is 17.0 Å². The lowest BCUT2D eigenvalue weighted by Crippen LogP contribution is -2.35. The van der Waals surface area contributed by atoms with Crippen LogP contribution in [0.2, 0.25) is 0 Å². The lowest BCUT2D eigenvalue weighted by Gasteiger charge is -2.13. The number of benzene rings is 2. The summed E-state index contributed by atoms with van der Waals surface area (Å²) in [6.07, 6.45) is 3.34. The molecule has 0 atom stereocenters. The van der Waals surface area contributed by atoms with Crippen LogP contribution in [0, 0.1) is 0 Å². The zero-order valence-corrected chi connectivity index (χ0v) is 21.4. The summed E-state index contributed by atoms with van der Waals surface area (Å²) in [7, 11) is 3.04. The highest BCUT2D eigenvalue weighted by Crippen LogP contribution is 2.27. The summed E-state index contributed by atoms with van der Waals surface area (Å²) >= 11 is 1.49. The average molecular weight is 493 g/mol. The lowest BCUT2D eigenvalue weighted by molar-refractivity contribution is -0.117. The Morgan fingerprint density at radius 3 is 2.37 bits per heavy atom. The van der Waals surface area contributed by atoms with Gasteiger partial charge in [-0.3, -0.25) is 9.59 Å². The molecule has 2 amide bonds. The van der Waals surface area contributed by atoms with Crippen molar-refractivity contribution < 1.29 is 19.1 Å². The number of carbonyl (C=O) groups is 2. The van der Waals surface area contributed by atoms with Gasteiger partial charge >= 0.3 is 0 Å². The van der Waals surface area contributed by atoms with E-state index in [1.54, 1.807) is 24.3 Å². The molecule has 1 aromatic heterocycles. The molecule has 184 valence electrons. The second kappa shape index (κ2) is 12.8. The van der Waals surface area contributed by atoms with E-state index in [1.807, 2.05) is 17.5 Å². The zero-order valence-electron chi connectivity index (χ0n) is 20.6. The topological polar surface area (TPSA) is 76.7 Å². The van der Waals surface area contributed by atoms with Crippen molar-refractivity contribution in [3.63, 3.8) is 0 Å². The van der Waals surface area contributed by atoms with Crippen molar-refractivity contribution in [1.29, 1.82) is 0 Å². The van der Waals surface area contributed by atoms with Crippen LogP contribution in [0.15, 0.2) is 65.7 Å². The summed E-state index contributed by atoms with van der Waals surface area (Å²) in [5.41, 5.74) is 3.10. The Bertz CT molecular complexity index is 1150. The zero-order chi connectivity index (χ0) is 25.2. The number of carbonyl (C=O) groups excluding carboxylic acids is 2. The summed E-state index contributed by atoms with van der Waals surface area (Å²) in [5, 5.41) is 7.61. The summed E-state index contributed by atoms with van der Waals surface area (Å²) < 4.78 is 10.5. The number of nitrogens with one attached hydrogen (secondary N) is 2. The molecule has 0 aliphatic heterocycles. The molecule has 2 N–H and O–H groups in total. The lowest BCUT2D eigenvalue weighted by atomic mass is 10.0. The van der Waals surface area contributed by atoms with E-state index in [0.29, 0.717) is 29.5 Å². The Kier molecular flexibility index (Phi) is 9.49. The van der Waals surface area contributed by atoms with E-state index in [9.17, 15) is 9.59 Å². The molecule has 2 aromatic carbocycles. The van der Waals surface area contributed by atoms with Gasteiger partial charge in [-0.05, 0) is 65.6 Å². The number of amides is 2. The third kappa shape index (κ3) is 7.45. The third-order valence-electron chi connectivity index (χ3n) is 5.54. The summed E-state index contributed by atoms with van der Waals surface area (Å²) in [5.74, 6) is 0.729. The Morgan fingerprint density at radius 1 is 1.00 bits per heavy atom. The molecule has 1 heterocycles. The maximum Gasteiger partial charge on any atom is 0.267 e. The van der Waals surface area contributed by atoms with Crippen molar-refractivity contribution >= 4 is 29.2 Å². The number of rotatable bonds is 11. The minimum atomic E-state index is -0.408. The first-order valence-corrected chi connectivity index (χ1v) is 12.4. The van der Waals surface area contributed by atoms with Crippen LogP contribution in [0.25, 0.3) is 6.08 Å². The van der Waals surface area contributed by atoms with Crippen LogP contribution < -0.4 is 20.1 Å². The van der Waals surface area contributed by atoms with E-state index < -0.39 is 5.91 Å². The fourth-order valence-corrected chi connectivity index (χ4v) is 4.16. The van der Waals surface area contributed by atoms with Crippen LogP contribution in [0.3, 0.4) is 0 Å². The second-order valence-corrected chi connectivity index (χ2v) is 9.33. The van der Waals surface area contributed by atoms with Crippen LogP contribution in [0.5, 0.6) is 11.5 Å². The van der Waals surface area contributed by atoms with Crippen LogP contribution in [-0.2, 0) is 11.2 Å². The molecule has 0 aliphatic carbocycles. The maximum absolute atomic E-state index is 13.0. The predicted octanol–water partition coefficient (Wildman–Crippen LogP) is 5.41. The van der Waals surface area contributed by atoms with Gasteiger partial charge in [-0.25, -0.2) is 0 Å². The summed E-state index contributed by atoms with van der Waals surface area (Å²) in [4.78, 5) is 26.7. The monoisotopic (exact) mass is 492 g/mol. The standard InChI is InChI=1S/C28H32N2O4S/c1-19(2)21-11-9-20(10-12-21)7-5-15-29-28(32)24(18-23-8-6-16-35-23)30-27(31)22-13-14-25(33-3)26(17-22)34-4/h6,8-14,16-19H,5,7,15H2,1-4H3,(H,29,32)(H,30,31)/b24-18-. The van der Waals surface area contributed by atoms with Crippen molar-refractivity contribution in [3.8, 4) is 11.5 Å². The first-order valence-electron chi connectivity index (χ1n) is 11.6. The molecule has 6 nitrogen and oxygen atoms in total. The quantitative estimate of drug-likeness (QED) is 0.277. The second-order valence-electron chi connectivity index (χ2n) is 8.35. The number of thiophene rings is 1. The van der Waals surface area contributed by atoms with E-state index in [4.69, 9.17) is 9.47 Å². The molecule has 0 fully saturated rings. The highest BCUT2D eigenvalue weighted by atomic mass is 32.1. The number of hydrogen-bond donors (Lipinski definition) is 2. The van der Waals surface area contributed by atoms with E-state index >= 15 is 0 Å². The number of methoxy groups -OCH3 is 2. The molecule has 7 heteroatoms. The van der Waals surface area contributed by atoms with E-state index in [2.05, 4.69) is 48.7 Å². The third-order valence-corrected chi connectivity index (χ3v) is 6.36. The average Bonchev–Trinajstić information content (AvgIpc) is 3.39. The van der Waals surface area contributed by atoms with Gasteiger partial charge < -0.3 is 20.1 Å². The van der Waals surface area contributed by atoms with E-state index in [-0.39, 0.29) is 11.6 Å². The SMILES string of the molecule is COc1ccc(C(=O)N/C(=C\c2cccs2)C(=O)NCCCc2ccc(C(C)C)cc2)cc1OC. The molecule has 3 rings (SSSR count). The van der Waals surface area contributed by atoms with E-state index in [1.165, 1.54) is 36.7 Å². The van der Waals surface area contributed by atoms with Crippen molar-refractivity contribution in [2.24, 2.45) is 0 Å². The molecular formula is C28H32N2O4S. The molecule has 0 saturated carbocycles. The van der Waals surface area contributed by atoms with Crippen molar-refractivity contribution in [2.75, 3.05) is 20.8 Å². The Morgan fingerprint density at radius 2 is 1.74 bits per heavy atom. The van der Waals surface area contributed by atoms with Gasteiger partial charge in [-0.15, -0.1) is 11.3 Å². The van der Waals surface area contributed by atoms with Crippen LogP contribution in [0.1, 0.15) is 52.5 Å². The first kappa shape index (κ1) is 26.0. The van der Waals surface area contributed by atoms with Gasteiger partial charge in [0.15, 0.2) is 11.5 Å². The Labute approximate surface area is 211 Å². The van der Waals surface area contributed by atoms with Crippen LogP contribution in [0.4, 0.5) is 0 Å². The summed E-state index contributed by atoms with van der Waals surface area (Å²) in [6.45, 7) is 4.85. The fraction of sp³-hybridized carbons (Fsp3) is 0.286. The molecular weight excluding hydrogens is 460 g/mol. The minimum absolute atomic E-state index is 0.188. The van der Waals surface area contributed by atoms with Crippen LogP contribution >= 0.6 is 11.3 Å². The predicted molar refractivity (Wildman–Crippen MR) is 141 cm³/mol. The normalized spacial score (nSPS) is 11.3.